The molecule has 7 nitrogen and oxygen atoms in total. The van der Waals surface area contributed by atoms with Crippen molar-refractivity contribution in [3.05, 3.63) is 0 Å². The van der Waals surface area contributed by atoms with Crippen LogP contribution in [0.2, 0.25) is 0 Å². The molecule has 2 atom stereocenters. The van der Waals surface area contributed by atoms with Crippen molar-refractivity contribution in [3.8, 4) is 0 Å². The molecule has 2 aliphatic rings. The Kier molecular flexibility index (Phi) is 10.9. The lowest BCUT2D eigenvalue weighted by Crippen LogP contribution is -2.43. The highest BCUT2D eigenvalue weighted by molar-refractivity contribution is 14.1. The third kappa shape index (κ3) is 8.29. The van der Waals surface area contributed by atoms with Crippen LogP contribution in [0.4, 0.5) is 0 Å². The maximum Gasteiger partial charge on any atom is 0.233 e. The predicted molar refractivity (Wildman–Crippen MR) is 112 cm³/mol. The van der Waals surface area contributed by atoms with Crippen molar-refractivity contribution in [3.63, 3.8) is 0 Å². The fourth-order valence-electron chi connectivity index (χ4n) is 3.23. The molecule has 1 aliphatic heterocycles. The molecule has 1 saturated heterocycles. The summed E-state index contributed by atoms with van der Waals surface area (Å²) >= 11 is 2.24. The lowest BCUT2D eigenvalue weighted by Gasteiger charge is -2.32. The number of ether oxygens (including phenoxy) is 1. The summed E-state index contributed by atoms with van der Waals surface area (Å²) in [5.41, 5.74) is -0.683. The van der Waals surface area contributed by atoms with Crippen LogP contribution < -0.4 is 0 Å². The van der Waals surface area contributed by atoms with E-state index in [0.717, 1.165) is 38.5 Å². The number of rotatable bonds is 2. The van der Waals surface area contributed by atoms with E-state index in [-0.39, 0.29) is 13.2 Å². The summed E-state index contributed by atoms with van der Waals surface area (Å²) in [7, 11) is 1.55. The van der Waals surface area contributed by atoms with Crippen molar-refractivity contribution in [2.24, 2.45) is 0 Å². The van der Waals surface area contributed by atoms with Gasteiger partial charge in [-0.2, -0.15) is 14.7 Å². The second-order valence-corrected chi connectivity index (χ2v) is 9.13. The van der Waals surface area contributed by atoms with E-state index in [4.69, 9.17) is 34.1 Å². The van der Waals surface area contributed by atoms with Crippen LogP contribution in [-0.2, 0) is 34.1 Å². The molecule has 166 valence electrons. The molecule has 2 unspecified atom stereocenters. The van der Waals surface area contributed by atoms with Gasteiger partial charge in [0.15, 0.2) is 0 Å². The smallest absolute Gasteiger partial charge is 0.233 e. The Bertz CT molecular complexity index is 401. The first-order valence-electron chi connectivity index (χ1n) is 10.5. The van der Waals surface area contributed by atoms with E-state index in [1.54, 1.807) is 14.0 Å². The van der Waals surface area contributed by atoms with Gasteiger partial charge in [0, 0.05) is 24.4 Å². The molecule has 2 rings (SSSR count). The molecule has 0 aromatic rings. The molecule has 1 saturated carbocycles. The van der Waals surface area contributed by atoms with Gasteiger partial charge in [0.2, 0.25) is 11.6 Å². The lowest BCUT2D eigenvalue weighted by atomic mass is 9.97. The van der Waals surface area contributed by atoms with Gasteiger partial charge in [-0.25, -0.2) is 14.7 Å². The quantitative estimate of drug-likeness (QED) is 0.277. The molecular formula is C20H37IO7. The van der Waals surface area contributed by atoms with Crippen LogP contribution in [-0.4, -0.2) is 41.9 Å². The molecule has 8 heteroatoms. The summed E-state index contributed by atoms with van der Waals surface area (Å²) in [4.78, 5) is 34.1. The molecule has 0 radical (unpaired) electrons. The van der Waals surface area contributed by atoms with Gasteiger partial charge in [-0.05, 0) is 26.7 Å². The van der Waals surface area contributed by atoms with Crippen molar-refractivity contribution < 1.29 is 34.1 Å². The topological polar surface area (TPSA) is 64.6 Å². The van der Waals surface area contributed by atoms with Crippen LogP contribution in [0.3, 0.4) is 0 Å². The maximum atomic E-state index is 5.88. The zero-order chi connectivity index (χ0) is 20.3. The Balaban J connectivity index is 2.11. The largest absolute Gasteiger partial charge is 0.349 e. The molecule has 1 spiro atoms. The van der Waals surface area contributed by atoms with E-state index in [1.165, 1.54) is 32.1 Å². The van der Waals surface area contributed by atoms with E-state index in [1.807, 2.05) is 6.92 Å². The van der Waals surface area contributed by atoms with E-state index in [0.29, 0.717) is 4.43 Å². The monoisotopic (exact) mass is 516 g/mol. The fourth-order valence-corrected chi connectivity index (χ4v) is 3.58. The standard InChI is InChI=1S/C20H37IO7/c1-18(15-21)16-23-27-20(28-24-17-19(2,22-3)26-25-18)13-11-9-7-5-4-6-8-10-12-14-20/h4-17H2,1-3H3. The van der Waals surface area contributed by atoms with Crippen LogP contribution in [0.15, 0.2) is 0 Å². The third-order valence-electron chi connectivity index (χ3n) is 5.36. The Labute approximate surface area is 183 Å². The van der Waals surface area contributed by atoms with Gasteiger partial charge in [-0.3, -0.25) is 0 Å². The number of alkyl halides is 1. The van der Waals surface area contributed by atoms with Gasteiger partial charge < -0.3 is 4.74 Å². The number of hydrogen-bond acceptors (Lipinski definition) is 7. The van der Waals surface area contributed by atoms with Gasteiger partial charge >= 0.3 is 0 Å². The summed E-state index contributed by atoms with van der Waals surface area (Å²) in [6, 6.07) is 0. The SMILES string of the molecule is COC1(C)COOC2(CCCCCCCCCCC2)OOCC(C)(CI)OO1. The highest BCUT2D eigenvalue weighted by atomic mass is 127. The van der Waals surface area contributed by atoms with E-state index in [9.17, 15) is 0 Å². The highest BCUT2D eigenvalue weighted by Crippen LogP contribution is 2.32. The summed E-state index contributed by atoms with van der Waals surface area (Å²) < 4.78 is 6.10. The van der Waals surface area contributed by atoms with Crippen molar-refractivity contribution in [1.29, 1.82) is 0 Å². The average molecular weight is 516 g/mol. The second kappa shape index (κ2) is 12.3. The fraction of sp³-hybridized carbons (Fsp3) is 1.00. The Morgan fingerprint density at radius 2 is 1.21 bits per heavy atom. The molecule has 2 fully saturated rings. The Hall–Kier alpha value is 0.450. The summed E-state index contributed by atoms with van der Waals surface area (Å²) in [5.74, 6) is -2.02. The minimum absolute atomic E-state index is 0.0476. The van der Waals surface area contributed by atoms with E-state index >= 15 is 0 Å². The Morgan fingerprint density at radius 1 is 0.714 bits per heavy atom. The molecule has 0 aromatic carbocycles. The molecular weight excluding hydrogens is 479 g/mol. The second-order valence-electron chi connectivity index (χ2n) is 8.37. The number of halogens is 1. The van der Waals surface area contributed by atoms with Crippen molar-refractivity contribution in [2.45, 2.75) is 102 Å². The summed E-state index contributed by atoms with van der Waals surface area (Å²) in [6.45, 7) is 3.91. The first kappa shape index (κ1) is 24.7. The zero-order valence-corrected chi connectivity index (χ0v) is 19.8. The summed E-state index contributed by atoms with van der Waals surface area (Å²) in [5, 5.41) is 0. The average Bonchev–Trinajstić information content (AvgIpc) is 2.71. The molecule has 0 amide bonds. The minimum Gasteiger partial charge on any atom is -0.349 e. The van der Waals surface area contributed by atoms with Gasteiger partial charge in [-0.1, -0.05) is 67.5 Å². The Morgan fingerprint density at radius 3 is 1.71 bits per heavy atom. The minimum atomic E-state index is -1.09. The first-order valence-corrected chi connectivity index (χ1v) is 12.1. The van der Waals surface area contributed by atoms with Crippen molar-refractivity contribution in [1.82, 2.24) is 0 Å². The van der Waals surface area contributed by atoms with Gasteiger partial charge in [-0.15, -0.1) is 0 Å². The molecule has 28 heavy (non-hydrogen) atoms. The summed E-state index contributed by atoms with van der Waals surface area (Å²) in [6.07, 6.45) is 12.2. The van der Waals surface area contributed by atoms with E-state index < -0.39 is 17.2 Å². The first-order chi connectivity index (χ1) is 13.4. The van der Waals surface area contributed by atoms with Crippen LogP contribution in [0.5, 0.6) is 0 Å². The number of methoxy groups -OCH3 is 1. The van der Waals surface area contributed by atoms with Gasteiger partial charge in [0.1, 0.15) is 18.8 Å². The third-order valence-corrected chi connectivity index (χ3v) is 6.97. The number of hydrogen-bond donors (Lipinski definition) is 0. The van der Waals surface area contributed by atoms with E-state index in [2.05, 4.69) is 22.6 Å². The van der Waals surface area contributed by atoms with Crippen LogP contribution in [0.1, 0.15) is 84.5 Å². The molecule has 0 aromatic heterocycles. The van der Waals surface area contributed by atoms with Gasteiger partial charge in [0.25, 0.3) is 0 Å². The molecule has 1 heterocycles. The van der Waals surface area contributed by atoms with Crippen LogP contribution in [0, 0.1) is 0 Å². The predicted octanol–water partition coefficient (Wildman–Crippen LogP) is 5.40. The molecule has 0 bridgehead atoms. The van der Waals surface area contributed by atoms with Crippen LogP contribution >= 0.6 is 22.6 Å². The molecule has 1 aliphatic carbocycles. The van der Waals surface area contributed by atoms with Crippen LogP contribution in [0.25, 0.3) is 0 Å². The lowest BCUT2D eigenvalue weighted by molar-refractivity contribution is -0.521. The van der Waals surface area contributed by atoms with Crippen molar-refractivity contribution in [2.75, 3.05) is 24.8 Å². The maximum absolute atomic E-state index is 5.88. The zero-order valence-electron chi connectivity index (χ0n) is 17.6. The molecule has 0 N–H and O–H groups in total. The highest BCUT2D eigenvalue weighted by Gasteiger charge is 2.40. The normalized spacial score (nSPS) is 34.7. The van der Waals surface area contributed by atoms with Crippen molar-refractivity contribution >= 4 is 22.6 Å². The van der Waals surface area contributed by atoms with Gasteiger partial charge in [0.05, 0.1) is 0 Å².